The van der Waals surface area contributed by atoms with Gasteiger partial charge in [-0.25, -0.2) is 0 Å². The Morgan fingerprint density at radius 1 is 1.50 bits per heavy atom. The number of H-pyrrole nitrogens is 1. The van der Waals surface area contributed by atoms with E-state index < -0.39 is 0 Å². The summed E-state index contributed by atoms with van der Waals surface area (Å²) in [6, 6.07) is 4.85. The molecule has 2 aromatic rings. The van der Waals surface area contributed by atoms with Crippen LogP contribution in [0.4, 0.5) is 0 Å². The van der Waals surface area contributed by atoms with Gasteiger partial charge in [-0.1, -0.05) is 17.4 Å². The SMILES string of the molecule is Cc1ccc(C(=O)NCc2csc(=O)[nH]2)c(O)c1. The number of aromatic nitrogens is 1. The number of aromatic amines is 1. The normalized spacial score (nSPS) is 10.3. The minimum absolute atomic E-state index is 0.0497. The lowest BCUT2D eigenvalue weighted by Gasteiger charge is -2.06. The smallest absolute Gasteiger partial charge is 0.304 e. The Morgan fingerprint density at radius 3 is 2.89 bits per heavy atom. The fourth-order valence-corrected chi connectivity index (χ4v) is 2.09. The molecule has 0 aliphatic heterocycles. The third kappa shape index (κ3) is 2.78. The average molecular weight is 264 g/mol. The number of amides is 1. The number of hydrogen-bond acceptors (Lipinski definition) is 4. The summed E-state index contributed by atoms with van der Waals surface area (Å²) in [5.74, 6) is -0.425. The standard InChI is InChI=1S/C12H12N2O3S/c1-7-2-3-9(10(15)4-7)11(16)13-5-8-6-18-12(17)14-8/h2-4,6,15H,5H2,1H3,(H,13,16)(H,14,17). The molecule has 0 saturated heterocycles. The van der Waals surface area contributed by atoms with E-state index >= 15 is 0 Å². The minimum Gasteiger partial charge on any atom is -0.507 e. The van der Waals surface area contributed by atoms with E-state index in [4.69, 9.17) is 0 Å². The van der Waals surface area contributed by atoms with Gasteiger partial charge in [0.2, 0.25) is 0 Å². The number of carbonyl (C=O) groups is 1. The minimum atomic E-state index is -0.375. The summed E-state index contributed by atoms with van der Waals surface area (Å²) in [6.07, 6.45) is 0. The number of carbonyl (C=O) groups excluding carboxylic acids is 1. The Bertz CT molecular complexity index is 630. The van der Waals surface area contributed by atoms with Gasteiger partial charge in [0.05, 0.1) is 12.1 Å². The van der Waals surface area contributed by atoms with E-state index in [1.165, 1.54) is 6.07 Å². The van der Waals surface area contributed by atoms with Crippen LogP contribution < -0.4 is 10.2 Å². The van der Waals surface area contributed by atoms with E-state index in [1.54, 1.807) is 17.5 Å². The number of phenolic OH excluding ortho intramolecular Hbond substituents is 1. The molecular formula is C12H12N2O3S. The molecule has 3 N–H and O–H groups in total. The molecule has 6 heteroatoms. The summed E-state index contributed by atoms with van der Waals surface area (Å²) in [7, 11) is 0. The third-order valence-electron chi connectivity index (χ3n) is 2.41. The number of aryl methyl sites for hydroxylation is 1. The van der Waals surface area contributed by atoms with Gasteiger partial charge in [-0.05, 0) is 24.6 Å². The number of phenols is 1. The van der Waals surface area contributed by atoms with E-state index in [1.807, 2.05) is 6.92 Å². The van der Waals surface area contributed by atoms with Crippen molar-refractivity contribution in [2.45, 2.75) is 13.5 Å². The van der Waals surface area contributed by atoms with Crippen molar-refractivity contribution in [2.75, 3.05) is 0 Å². The quantitative estimate of drug-likeness (QED) is 0.783. The Labute approximate surface area is 107 Å². The highest BCUT2D eigenvalue weighted by Crippen LogP contribution is 2.18. The monoisotopic (exact) mass is 264 g/mol. The van der Waals surface area contributed by atoms with Gasteiger partial charge in [0.1, 0.15) is 5.75 Å². The molecule has 2 rings (SSSR count). The van der Waals surface area contributed by atoms with Gasteiger partial charge in [0.15, 0.2) is 0 Å². The van der Waals surface area contributed by atoms with E-state index in [-0.39, 0.29) is 28.6 Å². The summed E-state index contributed by atoms with van der Waals surface area (Å²) >= 11 is 1.05. The van der Waals surface area contributed by atoms with Crippen molar-refractivity contribution in [1.29, 1.82) is 0 Å². The van der Waals surface area contributed by atoms with Gasteiger partial charge in [-0.15, -0.1) is 0 Å². The zero-order chi connectivity index (χ0) is 13.1. The number of nitrogens with one attached hydrogen (secondary N) is 2. The highest BCUT2D eigenvalue weighted by Gasteiger charge is 2.10. The van der Waals surface area contributed by atoms with Crippen LogP contribution in [0.2, 0.25) is 0 Å². The molecule has 1 amide bonds. The Morgan fingerprint density at radius 2 is 2.28 bits per heavy atom. The zero-order valence-electron chi connectivity index (χ0n) is 9.69. The maximum Gasteiger partial charge on any atom is 0.304 e. The van der Waals surface area contributed by atoms with Crippen LogP contribution in [0.5, 0.6) is 5.75 Å². The summed E-state index contributed by atoms with van der Waals surface area (Å²) in [4.78, 5) is 25.1. The first-order valence-corrected chi connectivity index (χ1v) is 6.19. The lowest BCUT2D eigenvalue weighted by atomic mass is 10.1. The van der Waals surface area contributed by atoms with Gasteiger partial charge in [0, 0.05) is 11.1 Å². The Kier molecular flexibility index (Phi) is 3.47. The maximum atomic E-state index is 11.8. The second-order valence-corrected chi connectivity index (χ2v) is 4.72. The third-order valence-corrected chi connectivity index (χ3v) is 3.13. The zero-order valence-corrected chi connectivity index (χ0v) is 10.5. The highest BCUT2D eigenvalue weighted by molar-refractivity contribution is 7.07. The van der Waals surface area contributed by atoms with Crippen LogP contribution in [0.3, 0.4) is 0 Å². The largest absolute Gasteiger partial charge is 0.507 e. The topological polar surface area (TPSA) is 82.2 Å². The van der Waals surface area contributed by atoms with Crippen LogP contribution in [0, 0.1) is 6.92 Å². The molecular weight excluding hydrogens is 252 g/mol. The summed E-state index contributed by atoms with van der Waals surface area (Å²) in [6.45, 7) is 2.06. The van der Waals surface area contributed by atoms with Crippen molar-refractivity contribution in [1.82, 2.24) is 10.3 Å². The van der Waals surface area contributed by atoms with Crippen LogP contribution in [0.25, 0.3) is 0 Å². The Hall–Kier alpha value is -2.08. The molecule has 0 saturated carbocycles. The van der Waals surface area contributed by atoms with Crippen molar-refractivity contribution in [3.63, 3.8) is 0 Å². The predicted molar refractivity (Wildman–Crippen MR) is 69.0 cm³/mol. The molecule has 0 spiro atoms. The molecule has 18 heavy (non-hydrogen) atoms. The molecule has 0 atom stereocenters. The van der Waals surface area contributed by atoms with Crippen molar-refractivity contribution in [3.8, 4) is 5.75 Å². The molecule has 94 valence electrons. The molecule has 0 bridgehead atoms. The number of benzene rings is 1. The van der Waals surface area contributed by atoms with Crippen LogP contribution in [0.1, 0.15) is 21.6 Å². The molecule has 1 heterocycles. The first kappa shape index (κ1) is 12.4. The van der Waals surface area contributed by atoms with Gasteiger partial charge < -0.3 is 15.4 Å². The molecule has 1 aromatic heterocycles. The van der Waals surface area contributed by atoms with Crippen LogP contribution in [-0.4, -0.2) is 16.0 Å². The molecule has 0 radical (unpaired) electrons. The first-order chi connectivity index (χ1) is 8.56. The average Bonchev–Trinajstić information content (AvgIpc) is 2.72. The number of rotatable bonds is 3. The van der Waals surface area contributed by atoms with Gasteiger partial charge in [-0.3, -0.25) is 9.59 Å². The van der Waals surface area contributed by atoms with Crippen molar-refractivity contribution >= 4 is 17.2 Å². The molecule has 0 fully saturated rings. The van der Waals surface area contributed by atoms with E-state index in [9.17, 15) is 14.7 Å². The molecule has 0 unspecified atom stereocenters. The second kappa shape index (κ2) is 5.05. The molecule has 5 nitrogen and oxygen atoms in total. The van der Waals surface area contributed by atoms with Crippen LogP contribution in [-0.2, 0) is 6.54 Å². The molecule has 0 aliphatic carbocycles. The first-order valence-electron chi connectivity index (χ1n) is 5.31. The van der Waals surface area contributed by atoms with E-state index in [0.29, 0.717) is 5.69 Å². The predicted octanol–water partition coefficient (Wildman–Crippen LogP) is 1.38. The lowest BCUT2D eigenvalue weighted by Crippen LogP contribution is -2.23. The van der Waals surface area contributed by atoms with Crippen LogP contribution >= 0.6 is 11.3 Å². The molecule has 0 aliphatic rings. The van der Waals surface area contributed by atoms with Crippen molar-refractivity contribution < 1.29 is 9.90 Å². The van der Waals surface area contributed by atoms with E-state index in [2.05, 4.69) is 10.3 Å². The lowest BCUT2D eigenvalue weighted by molar-refractivity contribution is 0.0948. The second-order valence-electron chi connectivity index (χ2n) is 3.88. The highest BCUT2D eigenvalue weighted by atomic mass is 32.1. The Balaban J connectivity index is 2.06. The summed E-state index contributed by atoms with van der Waals surface area (Å²) in [5.41, 5.74) is 1.74. The fourth-order valence-electron chi connectivity index (χ4n) is 1.50. The number of thiazole rings is 1. The van der Waals surface area contributed by atoms with Gasteiger partial charge >= 0.3 is 4.87 Å². The maximum absolute atomic E-state index is 11.8. The molecule has 1 aromatic carbocycles. The summed E-state index contributed by atoms with van der Waals surface area (Å²) < 4.78 is 0. The fraction of sp³-hybridized carbons (Fsp3) is 0.167. The number of aromatic hydroxyl groups is 1. The van der Waals surface area contributed by atoms with Gasteiger partial charge in [0.25, 0.3) is 5.91 Å². The summed E-state index contributed by atoms with van der Waals surface area (Å²) in [5, 5.41) is 13.9. The number of hydrogen-bond donors (Lipinski definition) is 3. The van der Waals surface area contributed by atoms with Gasteiger partial charge in [-0.2, -0.15) is 0 Å². The van der Waals surface area contributed by atoms with E-state index in [0.717, 1.165) is 16.9 Å². The van der Waals surface area contributed by atoms with Crippen molar-refractivity contribution in [2.24, 2.45) is 0 Å². The van der Waals surface area contributed by atoms with Crippen molar-refractivity contribution in [3.05, 3.63) is 50.1 Å². The van der Waals surface area contributed by atoms with Crippen LogP contribution in [0.15, 0.2) is 28.4 Å².